The molecular formula is C8H15NO3. The highest BCUT2D eigenvalue weighted by atomic mass is 16.5. The number of nitrogens with one attached hydrogen (secondary N) is 1. The van der Waals surface area contributed by atoms with Gasteiger partial charge in [-0.05, 0) is 7.05 Å². The summed E-state index contributed by atoms with van der Waals surface area (Å²) in [6, 6.07) is 0. The molecule has 4 heteroatoms. The molecule has 0 unspecified atom stereocenters. The van der Waals surface area contributed by atoms with Crippen molar-refractivity contribution in [2.45, 2.75) is 13.8 Å². The molecule has 0 aromatic rings. The first kappa shape index (κ1) is 11.1. The van der Waals surface area contributed by atoms with E-state index in [0.29, 0.717) is 0 Å². The predicted octanol–water partition coefficient (Wildman–Crippen LogP) is -0.0259. The molecule has 0 amide bonds. The van der Waals surface area contributed by atoms with Crippen LogP contribution in [0.5, 0.6) is 0 Å². The minimum Gasteiger partial charge on any atom is -0.457 e. The van der Waals surface area contributed by atoms with Crippen molar-refractivity contribution in [2.75, 3.05) is 20.2 Å². The van der Waals surface area contributed by atoms with Crippen molar-refractivity contribution < 1.29 is 14.3 Å². The van der Waals surface area contributed by atoms with E-state index in [4.69, 9.17) is 0 Å². The lowest BCUT2D eigenvalue weighted by molar-refractivity contribution is -0.147. The van der Waals surface area contributed by atoms with E-state index < -0.39 is 5.97 Å². The predicted molar refractivity (Wildman–Crippen MR) is 44.7 cm³/mol. The maximum Gasteiger partial charge on any atom is 0.320 e. The van der Waals surface area contributed by atoms with Gasteiger partial charge in [0.05, 0.1) is 6.54 Å². The Bertz CT molecular complexity index is 166. The van der Waals surface area contributed by atoms with Crippen LogP contribution in [-0.4, -0.2) is 32.0 Å². The Hall–Kier alpha value is -0.900. The number of esters is 1. The monoisotopic (exact) mass is 173 g/mol. The number of hydrogen-bond donors (Lipinski definition) is 1. The first-order valence-corrected chi connectivity index (χ1v) is 3.91. The summed E-state index contributed by atoms with van der Waals surface area (Å²) >= 11 is 0. The molecule has 0 aromatic heterocycles. The van der Waals surface area contributed by atoms with Crippen molar-refractivity contribution in [3.63, 3.8) is 0 Å². The molecule has 0 atom stereocenters. The standard InChI is InChI=1S/C8H15NO3/c1-6(2)7(10)5-12-8(11)4-9-3/h6,9H,4-5H2,1-3H3. The van der Waals surface area contributed by atoms with Crippen molar-refractivity contribution in [1.82, 2.24) is 5.32 Å². The molecule has 0 spiro atoms. The molecule has 0 aliphatic rings. The van der Waals surface area contributed by atoms with Gasteiger partial charge in [-0.3, -0.25) is 9.59 Å². The summed E-state index contributed by atoms with van der Waals surface area (Å²) in [6.07, 6.45) is 0. The molecule has 0 aliphatic heterocycles. The highest BCUT2D eigenvalue weighted by molar-refractivity contribution is 5.84. The maximum atomic E-state index is 11.0. The molecule has 4 nitrogen and oxygen atoms in total. The van der Waals surface area contributed by atoms with Crippen LogP contribution < -0.4 is 5.32 Å². The topological polar surface area (TPSA) is 55.4 Å². The Kier molecular flexibility index (Phi) is 5.28. The number of hydrogen-bond acceptors (Lipinski definition) is 4. The number of likely N-dealkylation sites (N-methyl/N-ethyl adjacent to an activating group) is 1. The Morgan fingerprint density at radius 2 is 2.00 bits per heavy atom. The van der Waals surface area contributed by atoms with Gasteiger partial charge in [-0.1, -0.05) is 13.8 Å². The van der Waals surface area contributed by atoms with Gasteiger partial charge in [-0.2, -0.15) is 0 Å². The Morgan fingerprint density at radius 3 is 2.42 bits per heavy atom. The van der Waals surface area contributed by atoms with Gasteiger partial charge in [0.1, 0.15) is 6.61 Å². The van der Waals surface area contributed by atoms with Crippen molar-refractivity contribution in [3.8, 4) is 0 Å². The lowest BCUT2D eigenvalue weighted by Gasteiger charge is -2.05. The lowest BCUT2D eigenvalue weighted by atomic mass is 10.1. The van der Waals surface area contributed by atoms with Gasteiger partial charge in [-0.15, -0.1) is 0 Å². The summed E-state index contributed by atoms with van der Waals surface area (Å²) in [5, 5.41) is 2.63. The van der Waals surface area contributed by atoms with Crippen molar-refractivity contribution in [3.05, 3.63) is 0 Å². The summed E-state index contributed by atoms with van der Waals surface area (Å²) in [5.41, 5.74) is 0. The smallest absolute Gasteiger partial charge is 0.320 e. The van der Waals surface area contributed by atoms with E-state index in [1.807, 2.05) is 0 Å². The van der Waals surface area contributed by atoms with Crippen LogP contribution in [0.2, 0.25) is 0 Å². The molecule has 0 bridgehead atoms. The molecule has 0 fully saturated rings. The van der Waals surface area contributed by atoms with Crippen molar-refractivity contribution in [1.29, 1.82) is 0 Å². The van der Waals surface area contributed by atoms with Crippen molar-refractivity contribution >= 4 is 11.8 Å². The normalized spacial score (nSPS) is 10.0. The zero-order valence-corrected chi connectivity index (χ0v) is 7.72. The fourth-order valence-electron chi connectivity index (χ4n) is 0.514. The third-order valence-electron chi connectivity index (χ3n) is 1.34. The average molecular weight is 173 g/mol. The lowest BCUT2D eigenvalue weighted by Crippen LogP contribution is -2.25. The van der Waals surface area contributed by atoms with E-state index in [1.54, 1.807) is 20.9 Å². The second-order valence-corrected chi connectivity index (χ2v) is 2.81. The third kappa shape index (κ3) is 4.85. The second-order valence-electron chi connectivity index (χ2n) is 2.81. The molecule has 0 heterocycles. The highest BCUT2D eigenvalue weighted by Crippen LogP contribution is 1.94. The average Bonchev–Trinajstić information content (AvgIpc) is 2.00. The molecule has 0 rings (SSSR count). The number of carbonyl (C=O) groups excluding carboxylic acids is 2. The van der Waals surface area contributed by atoms with Gasteiger partial charge in [0.2, 0.25) is 0 Å². The summed E-state index contributed by atoms with van der Waals surface area (Å²) in [6.45, 7) is 3.58. The van der Waals surface area contributed by atoms with Crippen molar-refractivity contribution in [2.24, 2.45) is 5.92 Å². The highest BCUT2D eigenvalue weighted by Gasteiger charge is 2.09. The third-order valence-corrected chi connectivity index (χ3v) is 1.34. The fourth-order valence-corrected chi connectivity index (χ4v) is 0.514. The van der Waals surface area contributed by atoms with Crippen LogP contribution in [0.1, 0.15) is 13.8 Å². The minimum atomic E-state index is -0.397. The van der Waals surface area contributed by atoms with E-state index in [1.165, 1.54) is 0 Å². The summed E-state index contributed by atoms with van der Waals surface area (Å²) in [4.78, 5) is 21.7. The van der Waals surface area contributed by atoms with Gasteiger partial charge < -0.3 is 10.1 Å². The maximum absolute atomic E-state index is 11.0. The van der Waals surface area contributed by atoms with E-state index >= 15 is 0 Å². The fraction of sp³-hybridized carbons (Fsp3) is 0.750. The minimum absolute atomic E-state index is 0.0561. The summed E-state index contributed by atoms with van der Waals surface area (Å²) in [5.74, 6) is -0.529. The number of carbonyl (C=O) groups is 2. The zero-order valence-electron chi connectivity index (χ0n) is 7.72. The molecular weight excluding hydrogens is 158 g/mol. The molecule has 0 aromatic carbocycles. The number of Topliss-reactive ketones (excluding diaryl/α,β-unsaturated/α-hetero) is 1. The molecule has 0 saturated carbocycles. The van der Waals surface area contributed by atoms with E-state index in [0.717, 1.165) is 0 Å². The molecule has 0 saturated heterocycles. The van der Waals surface area contributed by atoms with Crippen LogP contribution in [0.15, 0.2) is 0 Å². The number of ether oxygens (including phenoxy) is 1. The molecule has 12 heavy (non-hydrogen) atoms. The Morgan fingerprint density at radius 1 is 1.42 bits per heavy atom. The van der Waals surface area contributed by atoms with E-state index in [2.05, 4.69) is 10.1 Å². The van der Waals surface area contributed by atoms with E-state index in [-0.39, 0.29) is 24.9 Å². The Labute approximate surface area is 72.3 Å². The molecule has 1 N–H and O–H groups in total. The van der Waals surface area contributed by atoms with Gasteiger partial charge in [0, 0.05) is 5.92 Å². The zero-order chi connectivity index (χ0) is 9.56. The van der Waals surface area contributed by atoms with E-state index in [9.17, 15) is 9.59 Å². The van der Waals surface area contributed by atoms with Crippen LogP contribution in [0, 0.1) is 5.92 Å². The van der Waals surface area contributed by atoms with Gasteiger partial charge >= 0.3 is 5.97 Å². The molecule has 0 aliphatic carbocycles. The quantitative estimate of drug-likeness (QED) is 0.593. The molecule has 70 valence electrons. The van der Waals surface area contributed by atoms with Crippen LogP contribution in [0.25, 0.3) is 0 Å². The van der Waals surface area contributed by atoms with Gasteiger partial charge in [0.15, 0.2) is 5.78 Å². The second kappa shape index (κ2) is 5.71. The van der Waals surface area contributed by atoms with Crippen LogP contribution in [0.4, 0.5) is 0 Å². The Balaban J connectivity index is 3.54. The number of ketones is 1. The first-order chi connectivity index (χ1) is 5.57. The van der Waals surface area contributed by atoms with Crippen LogP contribution in [0.3, 0.4) is 0 Å². The van der Waals surface area contributed by atoms with Gasteiger partial charge in [-0.25, -0.2) is 0 Å². The largest absolute Gasteiger partial charge is 0.457 e. The summed E-state index contributed by atoms with van der Waals surface area (Å²) < 4.78 is 4.65. The molecule has 0 radical (unpaired) electrons. The van der Waals surface area contributed by atoms with Crippen LogP contribution >= 0.6 is 0 Å². The SMILES string of the molecule is CNCC(=O)OCC(=O)C(C)C. The first-order valence-electron chi connectivity index (χ1n) is 3.91. The number of rotatable bonds is 5. The van der Waals surface area contributed by atoms with Gasteiger partial charge in [0.25, 0.3) is 0 Å². The summed E-state index contributed by atoms with van der Waals surface area (Å²) in [7, 11) is 1.64. The van der Waals surface area contributed by atoms with Crippen LogP contribution in [-0.2, 0) is 14.3 Å².